The van der Waals surface area contributed by atoms with Gasteiger partial charge in [-0.1, -0.05) is 84.6 Å². The Kier molecular flexibility index (Phi) is 17.0. The molecule has 35 heavy (non-hydrogen) atoms. The molecule has 1 aliphatic rings. The van der Waals surface area contributed by atoms with Crippen LogP contribution in [0.25, 0.3) is 11.0 Å². The number of carbonyl (C=O) groups excluding carboxylic acids is 2. The predicted molar refractivity (Wildman–Crippen MR) is 144 cm³/mol. The van der Waals surface area contributed by atoms with Crippen LogP contribution in [0.4, 0.5) is 0 Å². The quantitative estimate of drug-likeness (QED) is 0.323. The van der Waals surface area contributed by atoms with Crippen molar-refractivity contribution in [2.45, 2.75) is 98.4 Å². The van der Waals surface area contributed by atoms with Crippen LogP contribution in [0.15, 0.2) is 23.0 Å². The van der Waals surface area contributed by atoms with E-state index in [4.69, 9.17) is 5.11 Å². The largest absolute Gasteiger partial charge is 0.400 e. The van der Waals surface area contributed by atoms with Crippen molar-refractivity contribution in [3.8, 4) is 11.8 Å². The Balaban J connectivity index is 0.00000179. The first-order chi connectivity index (χ1) is 17.0. The topological polar surface area (TPSA) is 93.3 Å². The highest BCUT2D eigenvalue weighted by atomic mass is 16.2. The van der Waals surface area contributed by atoms with Crippen LogP contribution >= 0.6 is 0 Å². The van der Waals surface area contributed by atoms with E-state index < -0.39 is 11.9 Å². The Hall–Kier alpha value is -2.85. The Labute approximate surface area is 210 Å². The zero-order valence-electron chi connectivity index (χ0n) is 22.7. The summed E-state index contributed by atoms with van der Waals surface area (Å²) in [6.07, 6.45) is 8.78. The van der Waals surface area contributed by atoms with Crippen LogP contribution in [0.5, 0.6) is 0 Å². The average molecular weight is 488 g/mol. The molecule has 0 radical (unpaired) electrons. The number of aryl methyl sites for hydroxylation is 1. The van der Waals surface area contributed by atoms with Gasteiger partial charge >= 0.3 is 5.69 Å². The molecule has 0 bridgehead atoms. The maximum absolute atomic E-state index is 12.9. The molecule has 2 N–H and O–H groups in total. The highest BCUT2D eigenvalue weighted by Gasteiger charge is 2.31. The molecule has 1 fully saturated rings. The van der Waals surface area contributed by atoms with Crippen LogP contribution in [0.2, 0.25) is 0 Å². The molecule has 196 valence electrons. The number of nitrogens with zero attached hydrogens (tertiary/aromatic N) is 2. The number of aromatic nitrogens is 2. The van der Waals surface area contributed by atoms with Crippen LogP contribution in [0, 0.1) is 11.8 Å². The first-order valence-electron chi connectivity index (χ1n) is 13.0. The highest BCUT2D eigenvalue weighted by Crippen LogP contribution is 2.24. The smallest absolute Gasteiger partial charge is 0.329 e. The zero-order chi connectivity index (χ0) is 26.8. The lowest BCUT2D eigenvalue weighted by molar-refractivity contribution is -0.135. The molecule has 1 unspecified atom stereocenters. The van der Waals surface area contributed by atoms with Gasteiger partial charge in [-0.05, 0) is 25.0 Å². The summed E-state index contributed by atoms with van der Waals surface area (Å²) in [5.41, 5.74) is 1.94. The van der Waals surface area contributed by atoms with Gasteiger partial charge in [-0.2, -0.15) is 0 Å². The fourth-order valence-electron chi connectivity index (χ4n) is 3.92. The number of hydrogen-bond donors (Lipinski definition) is 2. The second-order valence-electron chi connectivity index (χ2n) is 7.67. The third-order valence-corrected chi connectivity index (χ3v) is 5.50. The molecule has 7 heteroatoms. The van der Waals surface area contributed by atoms with Gasteiger partial charge in [-0.3, -0.25) is 24.0 Å². The minimum Gasteiger partial charge on any atom is -0.400 e. The Morgan fingerprint density at radius 2 is 1.63 bits per heavy atom. The SMILES string of the molecule is CC.CC.CCCCCCCCC#Cc1cccc2c1n(C)c(=O)n2C1CCC(=O)NC1=O.CO. The molecule has 2 amide bonds. The number of hydrogen-bond acceptors (Lipinski definition) is 4. The number of nitrogens with one attached hydrogen (secondary N) is 1. The van der Waals surface area contributed by atoms with Crippen molar-refractivity contribution in [3.05, 3.63) is 34.2 Å². The van der Waals surface area contributed by atoms with Crippen LogP contribution in [0.3, 0.4) is 0 Å². The number of unbranched alkanes of at least 4 members (excludes halogenated alkanes) is 6. The number of piperidine rings is 1. The van der Waals surface area contributed by atoms with E-state index in [1.807, 2.05) is 45.9 Å². The Morgan fingerprint density at radius 3 is 2.26 bits per heavy atom. The summed E-state index contributed by atoms with van der Waals surface area (Å²) in [7, 11) is 2.70. The van der Waals surface area contributed by atoms with Gasteiger partial charge in [0.05, 0.1) is 16.6 Å². The Bertz CT molecular complexity index is 1020. The number of para-hydroxylation sites is 1. The van der Waals surface area contributed by atoms with Crippen LogP contribution < -0.4 is 11.0 Å². The summed E-state index contributed by atoms with van der Waals surface area (Å²) in [5, 5.41) is 9.34. The number of aliphatic hydroxyl groups is 1. The first-order valence-corrected chi connectivity index (χ1v) is 13.0. The van der Waals surface area contributed by atoms with Crippen molar-refractivity contribution in [1.29, 1.82) is 0 Å². The monoisotopic (exact) mass is 487 g/mol. The van der Waals surface area contributed by atoms with Gasteiger partial charge in [0.15, 0.2) is 0 Å². The van der Waals surface area contributed by atoms with Crippen molar-refractivity contribution in [2.24, 2.45) is 7.05 Å². The molecule has 0 aliphatic carbocycles. The minimum atomic E-state index is -0.671. The summed E-state index contributed by atoms with van der Waals surface area (Å²) in [6.45, 7) is 10.2. The van der Waals surface area contributed by atoms with Crippen molar-refractivity contribution < 1.29 is 14.7 Å². The summed E-state index contributed by atoms with van der Waals surface area (Å²) >= 11 is 0. The second kappa shape index (κ2) is 18.5. The van der Waals surface area contributed by atoms with E-state index in [9.17, 15) is 14.4 Å². The summed E-state index contributed by atoms with van der Waals surface area (Å²) in [5.74, 6) is 5.74. The maximum atomic E-state index is 12.9. The van der Waals surface area contributed by atoms with Crippen molar-refractivity contribution in [1.82, 2.24) is 14.5 Å². The third-order valence-electron chi connectivity index (χ3n) is 5.50. The van der Waals surface area contributed by atoms with E-state index in [0.29, 0.717) is 11.9 Å². The van der Waals surface area contributed by atoms with E-state index in [-0.39, 0.29) is 18.0 Å². The van der Waals surface area contributed by atoms with Crippen molar-refractivity contribution >= 4 is 22.8 Å². The molecule has 0 saturated carbocycles. The molecule has 0 spiro atoms. The standard InChI is InChI=1S/C23H29N3O3.2C2H6.CH4O/c1-3-4-5-6-7-8-9-10-12-17-13-11-14-18-21(17)25(2)23(29)26(18)19-15-16-20(27)24-22(19)28;3*1-2/h11,13-14,19H,3-9,15-16H2,1-2H3,(H,24,27,28);2*1-2H3;2H,1H3. The van der Waals surface area contributed by atoms with Gasteiger partial charge in [-0.25, -0.2) is 4.79 Å². The van der Waals surface area contributed by atoms with E-state index in [2.05, 4.69) is 24.1 Å². The lowest BCUT2D eigenvalue weighted by Gasteiger charge is -2.21. The van der Waals surface area contributed by atoms with Crippen LogP contribution in [-0.2, 0) is 16.6 Å². The number of fused-ring (bicyclic) bond motifs is 1. The number of amides is 2. The fourth-order valence-corrected chi connectivity index (χ4v) is 3.92. The van der Waals surface area contributed by atoms with Gasteiger partial charge in [0.25, 0.3) is 0 Å². The minimum absolute atomic E-state index is 0.233. The van der Waals surface area contributed by atoms with Gasteiger partial charge < -0.3 is 5.11 Å². The number of imidazole rings is 1. The predicted octanol–water partition coefficient (Wildman–Crippen LogP) is 5.08. The third kappa shape index (κ3) is 9.03. The number of carbonyl (C=O) groups is 2. The average Bonchev–Trinajstić information content (AvgIpc) is 3.15. The molecular weight excluding hydrogens is 442 g/mol. The van der Waals surface area contributed by atoms with E-state index >= 15 is 0 Å². The molecule has 1 atom stereocenters. The summed E-state index contributed by atoms with van der Waals surface area (Å²) in [6, 6.07) is 4.93. The number of aliphatic hydroxyl groups excluding tert-OH is 1. The molecule has 1 aliphatic heterocycles. The molecule has 2 aromatic rings. The van der Waals surface area contributed by atoms with Crippen LogP contribution in [-0.4, -0.2) is 33.2 Å². The normalized spacial score (nSPS) is 14.2. The van der Waals surface area contributed by atoms with Crippen molar-refractivity contribution in [3.63, 3.8) is 0 Å². The van der Waals surface area contributed by atoms with E-state index in [1.165, 1.54) is 36.7 Å². The van der Waals surface area contributed by atoms with Crippen molar-refractivity contribution in [2.75, 3.05) is 7.11 Å². The Morgan fingerprint density at radius 1 is 1.00 bits per heavy atom. The van der Waals surface area contributed by atoms with Gasteiger partial charge in [-0.15, -0.1) is 0 Å². The number of rotatable bonds is 7. The molecule has 1 saturated heterocycles. The van der Waals surface area contributed by atoms with Gasteiger partial charge in [0.1, 0.15) is 6.04 Å². The highest BCUT2D eigenvalue weighted by molar-refractivity contribution is 6.00. The summed E-state index contributed by atoms with van der Waals surface area (Å²) in [4.78, 5) is 36.6. The molecule has 3 rings (SSSR count). The zero-order valence-corrected chi connectivity index (χ0v) is 22.7. The van der Waals surface area contributed by atoms with Gasteiger partial charge in [0.2, 0.25) is 11.8 Å². The van der Waals surface area contributed by atoms with E-state index in [0.717, 1.165) is 31.0 Å². The molecule has 7 nitrogen and oxygen atoms in total. The molecular formula is C28H45N3O4. The summed E-state index contributed by atoms with van der Waals surface area (Å²) < 4.78 is 3.05. The lowest BCUT2D eigenvalue weighted by Crippen LogP contribution is -2.44. The van der Waals surface area contributed by atoms with Gasteiger partial charge in [0, 0.05) is 27.0 Å². The number of imide groups is 1. The fraction of sp³-hybridized carbons (Fsp3) is 0.607. The number of benzene rings is 1. The van der Waals surface area contributed by atoms with Crippen LogP contribution in [0.1, 0.15) is 104 Å². The second-order valence-corrected chi connectivity index (χ2v) is 7.67. The molecule has 1 aromatic carbocycles. The molecule has 2 heterocycles. The van der Waals surface area contributed by atoms with E-state index in [1.54, 1.807) is 11.6 Å². The lowest BCUT2D eigenvalue weighted by atomic mass is 10.1. The molecule has 1 aromatic heterocycles. The first kappa shape index (κ1) is 32.1. The maximum Gasteiger partial charge on any atom is 0.329 e.